The molecule has 5 aromatic heterocycles. The van der Waals surface area contributed by atoms with Crippen molar-refractivity contribution in [2.24, 2.45) is 5.73 Å². The third-order valence-electron chi connectivity index (χ3n) is 6.91. The minimum Gasteiger partial charge on any atom is -0.369 e. The maximum Gasteiger partial charge on any atom is 0.265 e. The second-order valence-corrected chi connectivity index (χ2v) is 9.08. The van der Waals surface area contributed by atoms with E-state index in [9.17, 15) is 4.79 Å². The summed E-state index contributed by atoms with van der Waals surface area (Å²) in [7, 11) is 0. The van der Waals surface area contributed by atoms with Gasteiger partial charge in [0.2, 0.25) is 11.8 Å². The first-order valence-corrected chi connectivity index (χ1v) is 12.1. The van der Waals surface area contributed by atoms with Crippen LogP contribution in [-0.4, -0.2) is 77.6 Å². The Kier molecular flexibility index (Phi) is 5.64. The molecule has 37 heavy (non-hydrogen) atoms. The van der Waals surface area contributed by atoms with E-state index in [2.05, 4.69) is 29.9 Å². The molecular weight excluding hydrogens is 470 g/mol. The van der Waals surface area contributed by atoms with Gasteiger partial charge in [-0.3, -0.25) is 19.7 Å². The molecule has 4 N–H and O–H groups in total. The predicted molar refractivity (Wildman–Crippen MR) is 140 cm³/mol. The molecule has 0 saturated carbocycles. The van der Waals surface area contributed by atoms with Crippen LogP contribution < -0.4 is 16.4 Å². The number of pyridine rings is 2. The third-order valence-corrected chi connectivity index (χ3v) is 6.91. The number of nitrogens with two attached hydrogens (primary N) is 2. The van der Waals surface area contributed by atoms with Gasteiger partial charge in [0.1, 0.15) is 17.0 Å². The number of carbonyl (C=O) groups is 1. The highest BCUT2D eigenvalue weighted by atomic mass is 16.1. The van der Waals surface area contributed by atoms with Crippen LogP contribution in [0.2, 0.25) is 0 Å². The Morgan fingerprint density at radius 1 is 0.973 bits per heavy atom. The van der Waals surface area contributed by atoms with Gasteiger partial charge in [0.15, 0.2) is 5.65 Å². The van der Waals surface area contributed by atoms with Crippen molar-refractivity contribution < 1.29 is 4.79 Å². The number of aromatic nitrogens is 7. The molecule has 0 radical (unpaired) electrons. The Hall–Kier alpha value is -4.58. The largest absolute Gasteiger partial charge is 0.369 e. The fourth-order valence-electron chi connectivity index (χ4n) is 5.07. The van der Waals surface area contributed by atoms with Crippen molar-refractivity contribution >= 4 is 34.2 Å². The lowest BCUT2D eigenvalue weighted by atomic mass is 10.2. The summed E-state index contributed by atoms with van der Waals surface area (Å²) in [5, 5.41) is 5.23. The smallest absolute Gasteiger partial charge is 0.265 e. The number of piperazine rings is 1. The van der Waals surface area contributed by atoms with E-state index in [4.69, 9.17) is 16.5 Å². The molecule has 0 unspecified atom stereocenters. The number of primary amides is 1. The molecule has 1 saturated heterocycles. The van der Waals surface area contributed by atoms with Crippen LogP contribution in [-0.2, 0) is 6.54 Å². The lowest BCUT2D eigenvalue weighted by Gasteiger charge is -2.36. The Morgan fingerprint density at radius 2 is 1.76 bits per heavy atom. The Balaban J connectivity index is 1.32. The zero-order chi connectivity index (χ0) is 25.5. The van der Waals surface area contributed by atoms with E-state index in [0.717, 1.165) is 32.7 Å². The van der Waals surface area contributed by atoms with Crippen molar-refractivity contribution in [1.82, 2.24) is 39.0 Å². The van der Waals surface area contributed by atoms with Gasteiger partial charge < -0.3 is 20.9 Å². The number of aryl methyl sites for hydroxylation is 1. The van der Waals surface area contributed by atoms with E-state index >= 15 is 0 Å². The first-order valence-electron chi connectivity index (χ1n) is 12.1. The van der Waals surface area contributed by atoms with Gasteiger partial charge in [-0.25, -0.2) is 4.98 Å². The van der Waals surface area contributed by atoms with Crippen LogP contribution in [0.25, 0.3) is 28.2 Å². The average molecular weight is 498 g/mol. The molecular formula is C25H27N11O. The van der Waals surface area contributed by atoms with E-state index in [1.54, 1.807) is 6.20 Å². The van der Waals surface area contributed by atoms with E-state index < -0.39 is 5.91 Å². The summed E-state index contributed by atoms with van der Waals surface area (Å²) in [5.74, 6) is 0.0959. The van der Waals surface area contributed by atoms with Crippen LogP contribution in [0.4, 0.5) is 11.6 Å². The van der Waals surface area contributed by atoms with Crippen LogP contribution in [0.15, 0.2) is 48.9 Å². The molecule has 0 bridgehead atoms. The third kappa shape index (κ3) is 4.00. The summed E-state index contributed by atoms with van der Waals surface area (Å²) in [5.41, 5.74) is 16.2. The summed E-state index contributed by atoms with van der Waals surface area (Å²) >= 11 is 0. The van der Waals surface area contributed by atoms with E-state index in [1.165, 1.54) is 10.2 Å². The van der Waals surface area contributed by atoms with Crippen molar-refractivity contribution in [2.45, 2.75) is 13.5 Å². The van der Waals surface area contributed by atoms with Crippen molar-refractivity contribution in [3.05, 3.63) is 60.2 Å². The molecule has 0 aromatic carbocycles. The van der Waals surface area contributed by atoms with Crippen molar-refractivity contribution in [1.29, 1.82) is 0 Å². The lowest BCUT2D eigenvalue weighted by molar-refractivity contribution is 0.0990. The second-order valence-electron chi connectivity index (χ2n) is 9.08. The van der Waals surface area contributed by atoms with Gasteiger partial charge in [-0.2, -0.15) is 9.50 Å². The standard InChI is InChI=1S/C25H27N11O/c1-16-19-23(31-25(27)36-24(19)30-22(32-36)18-4-2-3-7-29-18)35(20(16)21(26)37)15-12-33-10-13-34(14-11-33)17-5-8-28-9-6-17/h2-9H,10-15H2,1H3,(H2,26,37)(H2,27,31). The Morgan fingerprint density at radius 3 is 2.46 bits per heavy atom. The summed E-state index contributed by atoms with van der Waals surface area (Å²) in [6.07, 6.45) is 5.32. The van der Waals surface area contributed by atoms with E-state index in [0.29, 0.717) is 46.0 Å². The molecule has 1 fully saturated rings. The normalized spacial score (nSPS) is 14.6. The van der Waals surface area contributed by atoms with E-state index in [-0.39, 0.29) is 5.95 Å². The molecule has 5 aromatic rings. The summed E-state index contributed by atoms with van der Waals surface area (Å²) in [6, 6.07) is 9.59. The molecule has 12 nitrogen and oxygen atoms in total. The zero-order valence-electron chi connectivity index (χ0n) is 20.4. The van der Waals surface area contributed by atoms with Crippen molar-refractivity contribution in [3.63, 3.8) is 0 Å². The Bertz CT molecular complexity index is 1590. The molecule has 1 aliphatic heterocycles. The number of anilines is 2. The van der Waals surface area contributed by atoms with Gasteiger partial charge in [-0.1, -0.05) is 6.07 Å². The average Bonchev–Trinajstić information content (AvgIpc) is 3.48. The minimum absolute atomic E-state index is 0.179. The fraction of sp³-hybridized carbons (Fsp3) is 0.280. The van der Waals surface area contributed by atoms with Crippen LogP contribution in [0, 0.1) is 6.92 Å². The van der Waals surface area contributed by atoms with Gasteiger partial charge in [-0.15, -0.1) is 5.10 Å². The van der Waals surface area contributed by atoms with Gasteiger partial charge in [0, 0.05) is 63.5 Å². The minimum atomic E-state index is -0.515. The lowest BCUT2D eigenvalue weighted by Crippen LogP contribution is -2.47. The quantitative estimate of drug-likeness (QED) is 0.354. The van der Waals surface area contributed by atoms with Gasteiger partial charge in [0.25, 0.3) is 5.91 Å². The zero-order valence-corrected chi connectivity index (χ0v) is 20.4. The number of nitrogens with zero attached hydrogens (tertiary/aromatic N) is 9. The SMILES string of the molecule is Cc1c(C(N)=O)n(CCN2CCN(c3ccncc3)CC2)c2nc(N)n3nc(-c4ccccn4)nc3c12. The predicted octanol–water partition coefficient (Wildman–Crippen LogP) is 1.35. The second kappa shape index (κ2) is 9.13. The Labute approximate surface area is 212 Å². The molecule has 188 valence electrons. The highest BCUT2D eigenvalue weighted by Gasteiger charge is 2.25. The maximum atomic E-state index is 12.6. The topological polar surface area (TPSA) is 149 Å². The van der Waals surface area contributed by atoms with Crippen LogP contribution in [0.3, 0.4) is 0 Å². The maximum absolute atomic E-state index is 12.6. The van der Waals surface area contributed by atoms with Gasteiger partial charge in [0.05, 0.1) is 5.39 Å². The summed E-state index contributed by atoms with van der Waals surface area (Å²) < 4.78 is 3.36. The molecule has 12 heteroatoms. The summed E-state index contributed by atoms with van der Waals surface area (Å²) in [4.78, 5) is 35.1. The van der Waals surface area contributed by atoms with E-state index in [1.807, 2.05) is 54.2 Å². The monoisotopic (exact) mass is 497 g/mol. The molecule has 1 aliphatic rings. The number of carbonyl (C=O) groups excluding carboxylic acids is 1. The van der Waals surface area contributed by atoms with Crippen molar-refractivity contribution in [3.8, 4) is 11.5 Å². The number of hydrogen-bond acceptors (Lipinski definition) is 9. The van der Waals surface area contributed by atoms with Crippen LogP contribution >= 0.6 is 0 Å². The number of hydrogen-bond donors (Lipinski definition) is 2. The molecule has 1 amide bonds. The highest BCUT2D eigenvalue weighted by molar-refractivity contribution is 6.04. The van der Waals surface area contributed by atoms with Gasteiger partial charge in [-0.05, 0) is 36.8 Å². The van der Waals surface area contributed by atoms with Crippen molar-refractivity contribution in [2.75, 3.05) is 43.4 Å². The number of amides is 1. The van der Waals surface area contributed by atoms with Crippen LogP contribution in [0.5, 0.6) is 0 Å². The molecule has 0 aliphatic carbocycles. The first-order chi connectivity index (χ1) is 18.0. The van der Waals surface area contributed by atoms with Gasteiger partial charge >= 0.3 is 0 Å². The summed E-state index contributed by atoms with van der Waals surface area (Å²) in [6.45, 7) is 6.79. The fourth-order valence-corrected chi connectivity index (χ4v) is 5.07. The molecule has 6 heterocycles. The molecule has 0 atom stereocenters. The molecule has 0 spiro atoms. The molecule has 6 rings (SSSR count). The van der Waals surface area contributed by atoms with Crippen LogP contribution in [0.1, 0.15) is 16.1 Å². The number of fused-ring (bicyclic) bond motifs is 3. The number of nitrogen functional groups attached to an aromatic ring is 1. The highest BCUT2D eigenvalue weighted by Crippen LogP contribution is 2.30. The first kappa shape index (κ1) is 22.9. The number of rotatable bonds is 6.